The van der Waals surface area contributed by atoms with Crippen LogP contribution in [0.25, 0.3) is 6.08 Å². The van der Waals surface area contributed by atoms with Gasteiger partial charge in [0.05, 0.1) is 5.69 Å². The molecule has 1 aromatic heterocycles. The number of hydrogen-bond acceptors (Lipinski definition) is 2. The average molecular weight is 207 g/mol. The summed E-state index contributed by atoms with van der Waals surface area (Å²) in [7, 11) is 1.89. The minimum Gasteiger partial charge on any atom is -0.353 e. The van der Waals surface area contributed by atoms with Gasteiger partial charge in [-0.1, -0.05) is 0 Å². The van der Waals surface area contributed by atoms with Crippen molar-refractivity contribution in [3.05, 3.63) is 23.0 Å². The standard InChI is InChI=1S/C11H17N3O/c1-5-12-11(15)7-6-10-8(2)13-14(4)9(10)3/h6-7H,5H2,1-4H3,(H,12,15)/b7-6+. The van der Waals surface area contributed by atoms with E-state index in [1.165, 1.54) is 0 Å². The highest BCUT2D eigenvalue weighted by Crippen LogP contribution is 2.13. The molecule has 1 aromatic rings. The van der Waals surface area contributed by atoms with Crippen LogP contribution in [-0.2, 0) is 11.8 Å². The molecule has 0 fully saturated rings. The van der Waals surface area contributed by atoms with Gasteiger partial charge in [-0.2, -0.15) is 5.10 Å². The Labute approximate surface area is 90.0 Å². The van der Waals surface area contributed by atoms with Gasteiger partial charge < -0.3 is 5.32 Å². The zero-order chi connectivity index (χ0) is 11.4. The SMILES string of the molecule is CCNC(=O)/C=C/c1c(C)nn(C)c1C. The van der Waals surface area contributed by atoms with Crippen molar-refractivity contribution in [1.82, 2.24) is 15.1 Å². The number of likely N-dealkylation sites (N-methyl/N-ethyl adjacent to an activating group) is 1. The molecule has 0 spiro atoms. The first-order valence-corrected chi connectivity index (χ1v) is 5.02. The highest BCUT2D eigenvalue weighted by Gasteiger charge is 2.05. The van der Waals surface area contributed by atoms with Crippen LogP contribution < -0.4 is 5.32 Å². The molecule has 0 saturated carbocycles. The first kappa shape index (κ1) is 11.5. The third-order valence-electron chi connectivity index (χ3n) is 2.32. The van der Waals surface area contributed by atoms with Crippen LogP contribution in [0.5, 0.6) is 0 Å². The normalized spacial score (nSPS) is 10.9. The van der Waals surface area contributed by atoms with Gasteiger partial charge in [0.1, 0.15) is 0 Å². The first-order chi connectivity index (χ1) is 7.06. The molecule has 0 radical (unpaired) electrons. The van der Waals surface area contributed by atoms with Crippen molar-refractivity contribution in [3.63, 3.8) is 0 Å². The van der Waals surface area contributed by atoms with Gasteiger partial charge in [-0.15, -0.1) is 0 Å². The average Bonchev–Trinajstić information content (AvgIpc) is 2.40. The molecule has 1 rings (SSSR count). The fraction of sp³-hybridized carbons (Fsp3) is 0.455. The van der Waals surface area contributed by atoms with Gasteiger partial charge in [0, 0.05) is 30.9 Å². The molecule has 0 atom stereocenters. The Morgan fingerprint density at radius 2 is 2.20 bits per heavy atom. The maximum atomic E-state index is 11.2. The lowest BCUT2D eigenvalue weighted by molar-refractivity contribution is -0.116. The van der Waals surface area contributed by atoms with Crippen molar-refractivity contribution in [2.24, 2.45) is 7.05 Å². The van der Waals surface area contributed by atoms with Crippen molar-refractivity contribution in [2.45, 2.75) is 20.8 Å². The summed E-state index contributed by atoms with van der Waals surface area (Å²) in [5.41, 5.74) is 3.02. The number of aromatic nitrogens is 2. The molecule has 1 amide bonds. The largest absolute Gasteiger partial charge is 0.353 e. The number of rotatable bonds is 3. The Bertz CT molecular complexity index is 391. The summed E-state index contributed by atoms with van der Waals surface area (Å²) >= 11 is 0. The van der Waals surface area contributed by atoms with Crippen molar-refractivity contribution in [2.75, 3.05) is 6.54 Å². The second-order valence-electron chi connectivity index (χ2n) is 3.44. The second-order valence-corrected chi connectivity index (χ2v) is 3.44. The van der Waals surface area contributed by atoms with Gasteiger partial charge >= 0.3 is 0 Å². The van der Waals surface area contributed by atoms with E-state index in [2.05, 4.69) is 10.4 Å². The highest BCUT2D eigenvalue weighted by atomic mass is 16.1. The van der Waals surface area contributed by atoms with Crippen molar-refractivity contribution in [3.8, 4) is 0 Å². The Morgan fingerprint density at radius 1 is 1.53 bits per heavy atom. The quantitative estimate of drug-likeness (QED) is 0.757. The summed E-state index contributed by atoms with van der Waals surface area (Å²) in [5, 5.41) is 6.98. The van der Waals surface area contributed by atoms with Crippen LogP contribution in [0.2, 0.25) is 0 Å². The van der Waals surface area contributed by atoms with E-state index in [1.54, 1.807) is 6.08 Å². The third kappa shape index (κ3) is 2.68. The van der Waals surface area contributed by atoms with Crippen LogP contribution in [0, 0.1) is 13.8 Å². The highest BCUT2D eigenvalue weighted by molar-refractivity contribution is 5.91. The summed E-state index contributed by atoms with van der Waals surface area (Å²) in [6, 6.07) is 0. The van der Waals surface area contributed by atoms with Gasteiger partial charge in [-0.3, -0.25) is 9.48 Å². The van der Waals surface area contributed by atoms with Crippen LogP contribution in [0.4, 0.5) is 0 Å². The molecule has 4 heteroatoms. The molecule has 0 bridgehead atoms. The first-order valence-electron chi connectivity index (χ1n) is 5.02. The van der Waals surface area contributed by atoms with E-state index in [0.29, 0.717) is 6.54 Å². The molecule has 0 unspecified atom stereocenters. The lowest BCUT2D eigenvalue weighted by atomic mass is 10.2. The van der Waals surface area contributed by atoms with E-state index in [9.17, 15) is 4.79 Å². The summed E-state index contributed by atoms with van der Waals surface area (Å²) in [6.45, 7) is 6.46. The molecule has 82 valence electrons. The number of carbonyl (C=O) groups is 1. The molecule has 0 aliphatic carbocycles. The Hall–Kier alpha value is -1.58. The van der Waals surface area contributed by atoms with E-state index in [1.807, 2.05) is 38.6 Å². The van der Waals surface area contributed by atoms with E-state index < -0.39 is 0 Å². The molecule has 1 N–H and O–H groups in total. The number of carbonyl (C=O) groups excluding carboxylic acids is 1. The van der Waals surface area contributed by atoms with Crippen LogP contribution in [0.3, 0.4) is 0 Å². The Morgan fingerprint density at radius 3 is 2.67 bits per heavy atom. The molecule has 15 heavy (non-hydrogen) atoms. The molecular formula is C11H17N3O. The van der Waals surface area contributed by atoms with E-state index in [-0.39, 0.29) is 5.91 Å². The molecule has 0 aliphatic heterocycles. The number of nitrogens with one attached hydrogen (secondary N) is 1. The fourth-order valence-corrected chi connectivity index (χ4v) is 1.42. The summed E-state index contributed by atoms with van der Waals surface area (Å²) in [4.78, 5) is 11.2. The van der Waals surface area contributed by atoms with E-state index in [0.717, 1.165) is 17.0 Å². The van der Waals surface area contributed by atoms with Crippen LogP contribution in [0.1, 0.15) is 23.9 Å². The van der Waals surface area contributed by atoms with Crippen molar-refractivity contribution in [1.29, 1.82) is 0 Å². The lowest BCUT2D eigenvalue weighted by Gasteiger charge is -1.96. The minimum absolute atomic E-state index is 0.0693. The molecule has 0 aromatic carbocycles. The van der Waals surface area contributed by atoms with Gasteiger partial charge in [-0.25, -0.2) is 0 Å². The molecule has 0 aliphatic rings. The zero-order valence-electron chi connectivity index (χ0n) is 9.66. The maximum absolute atomic E-state index is 11.2. The van der Waals surface area contributed by atoms with Gasteiger partial charge in [0.2, 0.25) is 5.91 Å². The van der Waals surface area contributed by atoms with Crippen LogP contribution in [0.15, 0.2) is 6.08 Å². The smallest absolute Gasteiger partial charge is 0.243 e. The maximum Gasteiger partial charge on any atom is 0.243 e. The molecule has 4 nitrogen and oxygen atoms in total. The number of nitrogens with zero attached hydrogens (tertiary/aromatic N) is 2. The second kappa shape index (κ2) is 4.77. The molecular weight excluding hydrogens is 190 g/mol. The van der Waals surface area contributed by atoms with Gasteiger partial charge in [0.15, 0.2) is 0 Å². The third-order valence-corrected chi connectivity index (χ3v) is 2.32. The predicted molar refractivity (Wildman–Crippen MR) is 60.4 cm³/mol. The Kier molecular flexibility index (Phi) is 3.66. The fourth-order valence-electron chi connectivity index (χ4n) is 1.42. The van der Waals surface area contributed by atoms with Gasteiger partial charge in [0.25, 0.3) is 0 Å². The minimum atomic E-state index is -0.0693. The molecule has 0 saturated heterocycles. The number of hydrogen-bond donors (Lipinski definition) is 1. The van der Waals surface area contributed by atoms with E-state index >= 15 is 0 Å². The molecule has 1 heterocycles. The van der Waals surface area contributed by atoms with Gasteiger partial charge in [-0.05, 0) is 26.8 Å². The van der Waals surface area contributed by atoms with Crippen molar-refractivity contribution < 1.29 is 4.79 Å². The van der Waals surface area contributed by atoms with E-state index in [4.69, 9.17) is 0 Å². The van der Waals surface area contributed by atoms with Crippen LogP contribution >= 0.6 is 0 Å². The predicted octanol–water partition coefficient (Wildman–Crippen LogP) is 1.19. The summed E-state index contributed by atoms with van der Waals surface area (Å²) in [5.74, 6) is -0.0693. The number of aryl methyl sites for hydroxylation is 2. The topological polar surface area (TPSA) is 46.9 Å². The van der Waals surface area contributed by atoms with Crippen molar-refractivity contribution >= 4 is 12.0 Å². The Balaban J connectivity index is 2.84. The lowest BCUT2D eigenvalue weighted by Crippen LogP contribution is -2.19. The van der Waals surface area contributed by atoms with Crippen LogP contribution in [-0.4, -0.2) is 22.2 Å². The summed E-state index contributed by atoms with van der Waals surface area (Å²) in [6.07, 6.45) is 3.35. The zero-order valence-corrected chi connectivity index (χ0v) is 9.66. The number of amides is 1. The summed E-state index contributed by atoms with van der Waals surface area (Å²) < 4.78 is 1.81. The monoisotopic (exact) mass is 207 g/mol.